The van der Waals surface area contributed by atoms with Gasteiger partial charge < -0.3 is 10.5 Å². The molecule has 4 heteroatoms. The van der Waals surface area contributed by atoms with Crippen LogP contribution in [0.3, 0.4) is 0 Å². The molecule has 60 valence electrons. The number of ether oxygens (including phenoxy) is 1. The largest absolute Gasteiger partial charge is 0.468 e. The number of hydrogen-bond donors (Lipinski definition) is 1. The van der Waals surface area contributed by atoms with Crippen LogP contribution in [-0.4, -0.2) is 19.1 Å². The first kappa shape index (κ1) is 12.2. The van der Waals surface area contributed by atoms with Crippen molar-refractivity contribution in [3.8, 4) is 0 Å². The zero-order valence-electron chi connectivity index (χ0n) is 6.09. The van der Waals surface area contributed by atoms with E-state index in [0.29, 0.717) is 5.57 Å². The lowest BCUT2D eigenvalue weighted by molar-refractivity contribution is -0.141. The van der Waals surface area contributed by atoms with Gasteiger partial charge in [0.1, 0.15) is 6.04 Å². The summed E-state index contributed by atoms with van der Waals surface area (Å²) < 4.78 is 4.35. The van der Waals surface area contributed by atoms with E-state index in [4.69, 9.17) is 5.73 Å². The third-order valence-corrected chi connectivity index (χ3v) is 0.986. The van der Waals surface area contributed by atoms with E-state index < -0.39 is 12.0 Å². The van der Waals surface area contributed by atoms with Gasteiger partial charge in [-0.2, -0.15) is 0 Å². The normalized spacial score (nSPS) is 11.1. The molecule has 3 nitrogen and oxygen atoms in total. The van der Waals surface area contributed by atoms with Gasteiger partial charge in [0.05, 0.1) is 7.11 Å². The minimum Gasteiger partial charge on any atom is -0.468 e. The molecule has 0 aromatic rings. The summed E-state index contributed by atoms with van der Waals surface area (Å²) in [6.45, 7) is 5.18. The van der Waals surface area contributed by atoms with E-state index in [0.717, 1.165) is 0 Å². The van der Waals surface area contributed by atoms with E-state index >= 15 is 0 Å². The van der Waals surface area contributed by atoms with Crippen LogP contribution in [-0.2, 0) is 9.53 Å². The Hall–Kier alpha value is -0.540. The first-order chi connectivity index (χ1) is 4.09. The predicted molar refractivity (Wildman–Crippen MR) is 42.1 cm³/mol. The molecule has 0 bridgehead atoms. The Morgan fingerprint density at radius 2 is 2.10 bits per heavy atom. The number of nitrogens with two attached hydrogens (primary N) is 1. The number of rotatable bonds is 2. The van der Waals surface area contributed by atoms with E-state index in [2.05, 4.69) is 11.3 Å². The molecule has 10 heavy (non-hydrogen) atoms. The number of methoxy groups -OCH3 is 1. The van der Waals surface area contributed by atoms with Gasteiger partial charge in [0.2, 0.25) is 0 Å². The van der Waals surface area contributed by atoms with Crippen LogP contribution in [0.25, 0.3) is 0 Å². The van der Waals surface area contributed by atoms with E-state index in [-0.39, 0.29) is 12.4 Å². The van der Waals surface area contributed by atoms with Crippen LogP contribution >= 0.6 is 12.4 Å². The van der Waals surface area contributed by atoms with Crippen molar-refractivity contribution in [2.24, 2.45) is 5.73 Å². The highest BCUT2D eigenvalue weighted by Gasteiger charge is 2.12. The minimum atomic E-state index is -0.671. The first-order valence-electron chi connectivity index (χ1n) is 2.58. The molecule has 0 radical (unpaired) electrons. The second-order valence-electron chi connectivity index (χ2n) is 1.85. The van der Waals surface area contributed by atoms with Crippen LogP contribution < -0.4 is 5.73 Å². The molecule has 0 saturated carbocycles. The molecule has 0 amide bonds. The fourth-order valence-corrected chi connectivity index (χ4v) is 0.328. The molecule has 0 aliphatic rings. The SMILES string of the molecule is C=C(C)C(N)C(=O)OC.Cl. The highest BCUT2D eigenvalue weighted by atomic mass is 35.5. The molecule has 0 aliphatic heterocycles. The smallest absolute Gasteiger partial charge is 0.326 e. The van der Waals surface area contributed by atoms with Crippen LogP contribution in [0.5, 0.6) is 0 Å². The standard InChI is InChI=1S/C6H11NO2.ClH/c1-4(2)5(7)6(8)9-3;/h5H,1,7H2,2-3H3;1H. The van der Waals surface area contributed by atoms with Gasteiger partial charge in [-0.15, -0.1) is 12.4 Å². The Bertz CT molecular complexity index is 136. The van der Waals surface area contributed by atoms with Gasteiger partial charge in [-0.05, 0) is 6.92 Å². The number of halogens is 1. The number of carbonyl (C=O) groups excluding carboxylic acids is 1. The van der Waals surface area contributed by atoms with Crippen molar-refractivity contribution in [2.75, 3.05) is 7.11 Å². The Labute approximate surface area is 66.6 Å². The number of esters is 1. The summed E-state index contributed by atoms with van der Waals surface area (Å²) in [6.07, 6.45) is 0. The minimum absolute atomic E-state index is 0. The lowest BCUT2D eigenvalue weighted by atomic mass is 10.2. The maximum atomic E-state index is 10.5. The topological polar surface area (TPSA) is 52.3 Å². The molecule has 1 unspecified atom stereocenters. The summed E-state index contributed by atoms with van der Waals surface area (Å²) in [5.74, 6) is -0.442. The molecule has 0 saturated heterocycles. The second kappa shape index (κ2) is 5.26. The lowest BCUT2D eigenvalue weighted by Gasteiger charge is -2.06. The van der Waals surface area contributed by atoms with E-state index in [1.165, 1.54) is 7.11 Å². The molecular weight excluding hydrogens is 154 g/mol. The Balaban J connectivity index is 0. The van der Waals surface area contributed by atoms with Gasteiger partial charge in [0, 0.05) is 0 Å². The van der Waals surface area contributed by atoms with Crippen LogP contribution in [0, 0.1) is 0 Å². The molecule has 0 spiro atoms. The summed E-state index contributed by atoms with van der Waals surface area (Å²) in [5.41, 5.74) is 5.91. The van der Waals surface area contributed by atoms with Crippen LogP contribution in [0.15, 0.2) is 12.2 Å². The van der Waals surface area contributed by atoms with Crippen molar-refractivity contribution in [3.63, 3.8) is 0 Å². The second-order valence-corrected chi connectivity index (χ2v) is 1.85. The Morgan fingerprint density at radius 1 is 1.70 bits per heavy atom. The van der Waals surface area contributed by atoms with Gasteiger partial charge in [0.15, 0.2) is 0 Å². The van der Waals surface area contributed by atoms with Gasteiger partial charge in [-0.3, -0.25) is 4.79 Å². The van der Waals surface area contributed by atoms with Crippen LogP contribution in [0.2, 0.25) is 0 Å². The highest BCUT2D eigenvalue weighted by Crippen LogP contribution is 1.94. The Kier molecular flexibility index (Phi) is 6.40. The quantitative estimate of drug-likeness (QED) is 0.479. The lowest BCUT2D eigenvalue weighted by Crippen LogP contribution is -2.32. The van der Waals surface area contributed by atoms with Gasteiger partial charge in [-0.1, -0.05) is 12.2 Å². The highest BCUT2D eigenvalue weighted by molar-refractivity contribution is 5.85. The molecule has 0 heterocycles. The van der Waals surface area contributed by atoms with E-state index in [1.54, 1.807) is 6.92 Å². The zero-order valence-corrected chi connectivity index (χ0v) is 6.90. The van der Waals surface area contributed by atoms with Gasteiger partial charge in [-0.25, -0.2) is 0 Å². The summed E-state index contributed by atoms with van der Waals surface area (Å²) >= 11 is 0. The van der Waals surface area contributed by atoms with Crippen molar-refractivity contribution in [3.05, 3.63) is 12.2 Å². The van der Waals surface area contributed by atoms with Gasteiger partial charge in [0.25, 0.3) is 0 Å². The fraction of sp³-hybridized carbons (Fsp3) is 0.500. The van der Waals surface area contributed by atoms with Crippen molar-refractivity contribution < 1.29 is 9.53 Å². The predicted octanol–water partition coefficient (Wildman–Crippen LogP) is 0.485. The average molecular weight is 166 g/mol. The van der Waals surface area contributed by atoms with Crippen molar-refractivity contribution in [1.29, 1.82) is 0 Å². The summed E-state index contributed by atoms with van der Waals surface area (Å²) in [7, 11) is 1.30. The molecule has 2 N–H and O–H groups in total. The summed E-state index contributed by atoms with van der Waals surface area (Å²) in [5, 5.41) is 0. The van der Waals surface area contributed by atoms with Crippen molar-refractivity contribution >= 4 is 18.4 Å². The monoisotopic (exact) mass is 165 g/mol. The molecular formula is C6H12ClNO2. The van der Waals surface area contributed by atoms with Crippen LogP contribution in [0.4, 0.5) is 0 Å². The fourth-order valence-electron chi connectivity index (χ4n) is 0.328. The molecule has 0 fully saturated rings. The zero-order chi connectivity index (χ0) is 7.44. The van der Waals surface area contributed by atoms with Crippen molar-refractivity contribution in [2.45, 2.75) is 13.0 Å². The average Bonchev–Trinajstić information content (AvgIpc) is 1.84. The molecule has 0 rings (SSSR count). The third-order valence-electron chi connectivity index (χ3n) is 0.986. The molecule has 0 aromatic carbocycles. The maximum absolute atomic E-state index is 10.5. The number of hydrogen-bond acceptors (Lipinski definition) is 3. The number of carbonyl (C=O) groups is 1. The van der Waals surface area contributed by atoms with Crippen molar-refractivity contribution in [1.82, 2.24) is 0 Å². The van der Waals surface area contributed by atoms with Crippen LogP contribution in [0.1, 0.15) is 6.92 Å². The molecule has 1 atom stereocenters. The first-order valence-corrected chi connectivity index (χ1v) is 2.58. The van der Waals surface area contributed by atoms with E-state index in [1.807, 2.05) is 0 Å². The summed E-state index contributed by atoms with van der Waals surface area (Å²) in [4.78, 5) is 10.5. The van der Waals surface area contributed by atoms with Gasteiger partial charge >= 0.3 is 5.97 Å². The van der Waals surface area contributed by atoms with E-state index in [9.17, 15) is 4.79 Å². The molecule has 0 aliphatic carbocycles. The summed E-state index contributed by atoms with van der Waals surface area (Å²) in [6, 6.07) is -0.671. The third kappa shape index (κ3) is 3.48. The maximum Gasteiger partial charge on any atom is 0.326 e. The molecule has 0 aromatic heterocycles. The Morgan fingerprint density at radius 3 is 2.20 bits per heavy atom.